The summed E-state index contributed by atoms with van der Waals surface area (Å²) in [4.78, 5) is 57.0. The number of carbonyl (C=O) groups is 4. The minimum atomic E-state index is -0.852. The van der Waals surface area contributed by atoms with Crippen molar-refractivity contribution in [3.8, 4) is 0 Å². The van der Waals surface area contributed by atoms with Crippen molar-refractivity contribution in [3.63, 3.8) is 0 Å². The van der Waals surface area contributed by atoms with Gasteiger partial charge in [-0.05, 0) is 79.5 Å². The Balaban J connectivity index is 1.20. The van der Waals surface area contributed by atoms with Gasteiger partial charge in [-0.25, -0.2) is 9.59 Å². The molecule has 0 bridgehead atoms. The van der Waals surface area contributed by atoms with Crippen LogP contribution in [-0.4, -0.2) is 71.1 Å². The number of rotatable bonds is 7. The van der Waals surface area contributed by atoms with Crippen LogP contribution in [0, 0.1) is 0 Å². The largest absolute Gasteiger partial charge is 0.444 e. The summed E-state index contributed by atoms with van der Waals surface area (Å²) in [5.41, 5.74) is 4.35. The maximum Gasteiger partial charge on any atom is 0.411 e. The van der Waals surface area contributed by atoms with E-state index in [4.69, 9.17) is 16.3 Å². The molecule has 3 aromatic carbocycles. The van der Waals surface area contributed by atoms with Crippen molar-refractivity contribution in [1.29, 1.82) is 0 Å². The van der Waals surface area contributed by atoms with Crippen LogP contribution >= 0.6 is 11.6 Å². The number of urea groups is 1. The topological polar surface area (TPSA) is 120 Å². The monoisotopic (exact) mass is 685 g/mol. The SMILES string of the molecule is CC(C)(C)OC(=O)N1Cc2ccccc2C[C@H]1C(=O)N[C@H](Cc1ccc(Cl)cc1)C(=O)N1CCC(c2ccccc2C2CNC(=O)N2)CC1. The normalized spacial score (nSPS) is 20.1. The summed E-state index contributed by atoms with van der Waals surface area (Å²) < 4.78 is 5.71. The Bertz CT molecular complexity index is 1700. The second-order valence-electron chi connectivity index (χ2n) is 14.1. The number of carbonyl (C=O) groups excluding carboxylic acids is 4. The quantitative estimate of drug-likeness (QED) is 0.304. The Morgan fingerprint density at radius 1 is 0.939 bits per heavy atom. The van der Waals surface area contributed by atoms with Crippen molar-refractivity contribution in [3.05, 3.63) is 106 Å². The van der Waals surface area contributed by atoms with E-state index >= 15 is 0 Å². The van der Waals surface area contributed by atoms with E-state index in [1.807, 2.05) is 53.4 Å². The van der Waals surface area contributed by atoms with Gasteiger partial charge in [0, 0.05) is 37.5 Å². The maximum absolute atomic E-state index is 14.3. The number of piperidine rings is 1. The molecule has 3 atom stereocenters. The van der Waals surface area contributed by atoms with Crippen LogP contribution in [0.4, 0.5) is 9.59 Å². The smallest absolute Gasteiger partial charge is 0.411 e. The second-order valence-corrected chi connectivity index (χ2v) is 14.6. The third kappa shape index (κ3) is 8.19. The van der Waals surface area contributed by atoms with Gasteiger partial charge in [0.25, 0.3) is 0 Å². The van der Waals surface area contributed by atoms with Crippen LogP contribution in [0.2, 0.25) is 5.02 Å². The van der Waals surface area contributed by atoms with Crippen LogP contribution < -0.4 is 16.0 Å². The molecule has 0 aromatic heterocycles. The summed E-state index contributed by atoms with van der Waals surface area (Å²) in [5.74, 6) is -0.335. The Hall–Kier alpha value is -4.57. The highest BCUT2D eigenvalue weighted by atomic mass is 35.5. The molecule has 49 heavy (non-hydrogen) atoms. The predicted molar refractivity (Wildman–Crippen MR) is 187 cm³/mol. The lowest BCUT2D eigenvalue weighted by atomic mass is 9.84. The third-order valence-electron chi connectivity index (χ3n) is 9.54. The first-order valence-electron chi connectivity index (χ1n) is 17.0. The third-order valence-corrected chi connectivity index (χ3v) is 9.79. The summed E-state index contributed by atoms with van der Waals surface area (Å²) >= 11 is 6.16. The molecule has 0 aliphatic carbocycles. The molecular weight excluding hydrogens is 642 g/mol. The standard InChI is InChI=1S/C38H44ClN5O5/c1-38(2,3)49-37(48)44-23-27-9-5-4-8-26(27)21-33(44)34(45)41-31(20-24-12-14-28(39)15-13-24)35(46)43-18-16-25(17-19-43)29-10-6-7-11-30(29)32-22-40-36(47)42-32/h4-15,25,31-33H,16-23H2,1-3H3,(H,41,45)(H2,40,42,47)/t31-,32?,33+/m1/s1. The summed E-state index contributed by atoms with van der Waals surface area (Å²) in [6.45, 7) is 7.21. The number of hydrogen-bond donors (Lipinski definition) is 3. The minimum Gasteiger partial charge on any atom is -0.444 e. The van der Waals surface area contributed by atoms with Crippen LogP contribution in [0.5, 0.6) is 0 Å². The molecule has 2 saturated heterocycles. The van der Waals surface area contributed by atoms with Gasteiger partial charge in [0.15, 0.2) is 0 Å². The van der Waals surface area contributed by atoms with Gasteiger partial charge in [0.2, 0.25) is 11.8 Å². The lowest BCUT2D eigenvalue weighted by molar-refractivity contribution is -0.138. The molecule has 5 amide bonds. The number of amides is 5. The van der Waals surface area contributed by atoms with Crippen molar-refractivity contribution in [2.75, 3.05) is 19.6 Å². The van der Waals surface area contributed by atoms with E-state index in [1.165, 1.54) is 10.5 Å². The van der Waals surface area contributed by atoms with E-state index in [1.54, 1.807) is 32.9 Å². The van der Waals surface area contributed by atoms with E-state index in [9.17, 15) is 19.2 Å². The molecule has 0 radical (unpaired) electrons. The van der Waals surface area contributed by atoms with Crippen LogP contribution in [0.1, 0.15) is 73.4 Å². The van der Waals surface area contributed by atoms with E-state index < -0.39 is 29.7 Å². The zero-order chi connectivity index (χ0) is 34.7. The van der Waals surface area contributed by atoms with Crippen molar-refractivity contribution in [1.82, 2.24) is 25.8 Å². The number of fused-ring (bicyclic) bond motifs is 1. The number of halogens is 1. The van der Waals surface area contributed by atoms with Gasteiger partial charge in [-0.15, -0.1) is 0 Å². The van der Waals surface area contributed by atoms with Crippen LogP contribution in [-0.2, 0) is 33.7 Å². The van der Waals surface area contributed by atoms with E-state index in [2.05, 4.69) is 28.1 Å². The maximum atomic E-state index is 14.3. The summed E-state index contributed by atoms with van der Waals surface area (Å²) in [6.07, 6.45) is 1.52. The summed E-state index contributed by atoms with van der Waals surface area (Å²) in [5, 5.41) is 9.48. The molecule has 2 fully saturated rings. The zero-order valence-electron chi connectivity index (χ0n) is 28.2. The zero-order valence-corrected chi connectivity index (χ0v) is 29.0. The number of nitrogens with zero attached hydrogens (tertiary/aromatic N) is 2. The van der Waals surface area contributed by atoms with Crippen molar-refractivity contribution < 1.29 is 23.9 Å². The van der Waals surface area contributed by atoms with Crippen molar-refractivity contribution in [2.24, 2.45) is 0 Å². The lowest BCUT2D eigenvalue weighted by Gasteiger charge is -2.38. The fourth-order valence-electron chi connectivity index (χ4n) is 7.07. The molecule has 11 heteroatoms. The molecule has 3 N–H and O–H groups in total. The Labute approximate surface area is 292 Å². The molecule has 3 aliphatic heterocycles. The average Bonchev–Trinajstić information content (AvgIpc) is 3.53. The van der Waals surface area contributed by atoms with Gasteiger partial charge in [-0.1, -0.05) is 72.3 Å². The Kier molecular flexibility index (Phi) is 10.2. The molecule has 3 aromatic rings. The minimum absolute atomic E-state index is 0.0886. The highest BCUT2D eigenvalue weighted by Gasteiger charge is 2.39. The highest BCUT2D eigenvalue weighted by Crippen LogP contribution is 2.34. The number of nitrogens with one attached hydrogen (secondary N) is 3. The number of benzene rings is 3. The first kappa shape index (κ1) is 34.3. The van der Waals surface area contributed by atoms with Gasteiger partial charge in [-0.2, -0.15) is 0 Å². The Morgan fingerprint density at radius 3 is 2.24 bits per heavy atom. The molecule has 3 aliphatic rings. The number of likely N-dealkylation sites (tertiary alicyclic amines) is 1. The molecule has 0 saturated carbocycles. The fourth-order valence-corrected chi connectivity index (χ4v) is 7.19. The molecule has 1 unspecified atom stereocenters. The molecule has 0 spiro atoms. The molecule has 10 nitrogen and oxygen atoms in total. The first-order chi connectivity index (χ1) is 23.4. The molecule has 258 valence electrons. The van der Waals surface area contributed by atoms with Crippen molar-refractivity contribution >= 4 is 35.5 Å². The van der Waals surface area contributed by atoms with Gasteiger partial charge < -0.3 is 25.6 Å². The summed E-state index contributed by atoms with van der Waals surface area (Å²) in [7, 11) is 0. The van der Waals surface area contributed by atoms with Gasteiger partial charge >= 0.3 is 12.1 Å². The second kappa shape index (κ2) is 14.5. The van der Waals surface area contributed by atoms with E-state index in [0.29, 0.717) is 31.1 Å². The van der Waals surface area contributed by atoms with Gasteiger partial charge in [-0.3, -0.25) is 14.5 Å². The van der Waals surface area contributed by atoms with Crippen LogP contribution in [0.25, 0.3) is 0 Å². The average molecular weight is 686 g/mol. The van der Waals surface area contributed by atoms with E-state index in [-0.39, 0.29) is 36.9 Å². The number of ether oxygens (including phenoxy) is 1. The molecule has 6 rings (SSSR count). The van der Waals surface area contributed by atoms with Crippen LogP contribution in [0.15, 0.2) is 72.8 Å². The van der Waals surface area contributed by atoms with Crippen LogP contribution in [0.3, 0.4) is 0 Å². The van der Waals surface area contributed by atoms with Crippen molar-refractivity contribution in [2.45, 2.75) is 82.6 Å². The lowest BCUT2D eigenvalue weighted by Crippen LogP contribution is -2.58. The van der Waals surface area contributed by atoms with Gasteiger partial charge in [0.1, 0.15) is 17.7 Å². The number of hydrogen-bond acceptors (Lipinski definition) is 5. The molecular formula is C38H44ClN5O5. The highest BCUT2D eigenvalue weighted by molar-refractivity contribution is 6.30. The molecule has 3 heterocycles. The predicted octanol–water partition coefficient (Wildman–Crippen LogP) is 5.49. The Morgan fingerprint density at radius 2 is 1.59 bits per heavy atom. The van der Waals surface area contributed by atoms with E-state index in [0.717, 1.165) is 35.1 Å². The first-order valence-corrected chi connectivity index (χ1v) is 17.4. The fraction of sp³-hybridized carbons (Fsp3) is 0.421. The summed E-state index contributed by atoms with van der Waals surface area (Å²) in [6, 6.07) is 21.3. The van der Waals surface area contributed by atoms with Gasteiger partial charge in [0.05, 0.1) is 12.6 Å².